The lowest BCUT2D eigenvalue weighted by Gasteiger charge is -2.13. The lowest BCUT2D eigenvalue weighted by atomic mass is 10.00. The number of benzene rings is 1. The molecule has 116 valence electrons. The zero-order valence-corrected chi connectivity index (χ0v) is 14.1. The molecule has 0 aliphatic rings. The molecule has 0 spiro atoms. The van der Waals surface area contributed by atoms with Crippen molar-refractivity contribution in [3.05, 3.63) is 43.9 Å². The minimum Gasteiger partial charge on any atom is -0.383 e. The fraction of sp³-hybridized carbons (Fsp3) is 0.467. The molecule has 0 aliphatic carbocycles. The number of nitrogens with one attached hydrogen (secondary N) is 1. The van der Waals surface area contributed by atoms with Crippen LogP contribution in [0.25, 0.3) is 6.08 Å². The summed E-state index contributed by atoms with van der Waals surface area (Å²) in [5.74, 6) is 0.364. The van der Waals surface area contributed by atoms with E-state index in [0.717, 1.165) is 18.7 Å². The molecule has 0 saturated carbocycles. The molecule has 0 heterocycles. The van der Waals surface area contributed by atoms with E-state index in [0.29, 0.717) is 17.0 Å². The number of hydrogen-bond donors (Lipinski definition) is 1. The van der Waals surface area contributed by atoms with Gasteiger partial charge in [0.25, 0.3) is 5.69 Å². The molecule has 0 atom stereocenters. The maximum Gasteiger partial charge on any atom is 0.284 e. The van der Waals surface area contributed by atoms with Gasteiger partial charge in [0.05, 0.1) is 16.0 Å². The summed E-state index contributed by atoms with van der Waals surface area (Å²) in [4.78, 5) is 10.6. The van der Waals surface area contributed by atoms with Crippen LogP contribution in [-0.2, 0) is 4.74 Å². The first-order valence-electron chi connectivity index (χ1n) is 6.79. The Labute approximate surface area is 133 Å². The molecule has 0 saturated heterocycles. The molecular formula is C15H21BrN2O3. The van der Waals surface area contributed by atoms with E-state index in [1.165, 1.54) is 5.57 Å². The van der Waals surface area contributed by atoms with Gasteiger partial charge < -0.3 is 10.1 Å². The van der Waals surface area contributed by atoms with Gasteiger partial charge in [-0.05, 0) is 33.5 Å². The van der Waals surface area contributed by atoms with Crippen LogP contribution >= 0.6 is 15.9 Å². The minimum absolute atomic E-state index is 0.0826. The molecule has 5 nitrogen and oxygen atoms in total. The molecule has 0 radical (unpaired) electrons. The molecule has 0 amide bonds. The second kappa shape index (κ2) is 8.92. The van der Waals surface area contributed by atoms with Gasteiger partial charge in [-0.15, -0.1) is 0 Å². The highest BCUT2D eigenvalue weighted by atomic mass is 79.9. The topological polar surface area (TPSA) is 64.4 Å². The fourth-order valence-electron chi connectivity index (χ4n) is 1.80. The van der Waals surface area contributed by atoms with E-state index in [2.05, 4.69) is 35.1 Å². The normalized spacial score (nSPS) is 12.0. The van der Waals surface area contributed by atoms with Crippen LogP contribution in [0.1, 0.15) is 19.4 Å². The highest BCUT2D eigenvalue weighted by Gasteiger charge is 2.12. The van der Waals surface area contributed by atoms with Gasteiger partial charge in [-0.25, -0.2) is 0 Å². The van der Waals surface area contributed by atoms with Gasteiger partial charge in [-0.2, -0.15) is 0 Å². The van der Waals surface area contributed by atoms with Crippen LogP contribution in [0.4, 0.5) is 5.69 Å². The first kappa shape index (κ1) is 17.8. The summed E-state index contributed by atoms with van der Waals surface area (Å²) < 4.78 is 5.49. The predicted octanol–water partition coefficient (Wildman–Crippen LogP) is 3.63. The van der Waals surface area contributed by atoms with Gasteiger partial charge in [-0.3, -0.25) is 10.1 Å². The van der Waals surface area contributed by atoms with Crippen LogP contribution in [0.3, 0.4) is 0 Å². The van der Waals surface area contributed by atoms with Crippen molar-refractivity contribution in [2.45, 2.75) is 13.8 Å². The summed E-state index contributed by atoms with van der Waals surface area (Å²) in [6.45, 7) is 6.40. The maximum atomic E-state index is 11.0. The Balaban J connectivity index is 2.89. The zero-order chi connectivity index (χ0) is 15.8. The quantitative estimate of drug-likeness (QED) is 0.438. The molecule has 0 aliphatic heterocycles. The molecule has 6 heteroatoms. The van der Waals surface area contributed by atoms with Crippen molar-refractivity contribution in [2.24, 2.45) is 5.92 Å². The summed E-state index contributed by atoms with van der Waals surface area (Å²) in [7, 11) is 1.67. The Morgan fingerprint density at radius 2 is 2.24 bits per heavy atom. The van der Waals surface area contributed by atoms with Crippen LogP contribution in [-0.4, -0.2) is 31.7 Å². The van der Waals surface area contributed by atoms with E-state index in [9.17, 15) is 10.1 Å². The third-order valence-electron chi connectivity index (χ3n) is 3.07. The standard InChI is InChI=1S/C15H21BrN2O3/c1-11(2)13(10-17-6-7-21-3)8-12-4-5-14(16)15(9-12)18(19)20/h4-5,8-9,11,17H,6-7,10H2,1-3H3. The van der Waals surface area contributed by atoms with Crippen molar-refractivity contribution >= 4 is 27.7 Å². The second-order valence-corrected chi connectivity index (χ2v) is 5.87. The maximum absolute atomic E-state index is 11.0. The van der Waals surface area contributed by atoms with Crippen LogP contribution in [0.15, 0.2) is 28.2 Å². The number of ether oxygens (including phenoxy) is 1. The fourth-order valence-corrected chi connectivity index (χ4v) is 2.19. The first-order valence-corrected chi connectivity index (χ1v) is 7.59. The van der Waals surface area contributed by atoms with E-state index in [4.69, 9.17) is 4.74 Å². The van der Waals surface area contributed by atoms with Crippen molar-refractivity contribution in [3.63, 3.8) is 0 Å². The smallest absolute Gasteiger partial charge is 0.284 e. The number of nitrogens with zero attached hydrogens (tertiary/aromatic N) is 1. The Hall–Kier alpha value is -1.24. The van der Waals surface area contributed by atoms with E-state index in [1.807, 2.05) is 12.1 Å². The van der Waals surface area contributed by atoms with E-state index >= 15 is 0 Å². The zero-order valence-electron chi connectivity index (χ0n) is 12.6. The summed E-state index contributed by atoms with van der Waals surface area (Å²) in [6.07, 6.45) is 2.00. The number of rotatable bonds is 8. The summed E-state index contributed by atoms with van der Waals surface area (Å²) in [5, 5.41) is 14.3. The van der Waals surface area contributed by atoms with E-state index in [1.54, 1.807) is 19.2 Å². The molecule has 1 rings (SSSR count). The number of hydrogen-bond acceptors (Lipinski definition) is 4. The van der Waals surface area contributed by atoms with Gasteiger partial charge in [-0.1, -0.05) is 31.6 Å². The molecule has 1 N–H and O–H groups in total. The van der Waals surface area contributed by atoms with Gasteiger partial charge in [0.1, 0.15) is 0 Å². The van der Waals surface area contributed by atoms with E-state index in [-0.39, 0.29) is 10.6 Å². The molecule has 0 bridgehead atoms. The molecule has 0 aromatic heterocycles. The molecular weight excluding hydrogens is 336 g/mol. The second-order valence-electron chi connectivity index (χ2n) is 5.01. The Kier molecular flexibility index (Phi) is 7.56. The molecule has 0 unspecified atom stereocenters. The molecule has 1 aromatic rings. The number of nitro benzene ring substituents is 1. The average Bonchev–Trinajstić information content (AvgIpc) is 2.43. The number of nitro groups is 1. The first-order chi connectivity index (χ1) is 9.95. The summed E-state index contributed by atoms with van der Waals surface area (Å²) >= 11 is 3.20. The van der Waals surface area contributed by atoms with Crippen molar-refractivity contribution in [1.82, 2.24) is 5.32 Å². The third kappa shape index (κ3) is 5.95. The van der Waals surface area contributed by atoms with E-state index < -0.39 is 0 Å². The number of methoxy groups -OCH3 is 1. The Morgan fingerprint density at radius 3 is 2.81 bits per heavy atom. The largest absolute Gasteiger partial charge is 0.383 e. The molecule has 21 heavy (non-hydrogen) atoms. The average molecular weight is 357 g/mol. The highest BCUT2D eigenvalue weighted by Crippen LogP contribution is 2.27. The van der Waals surface area contributed by atoms with Crippen molar-refractivity contribution in [2.75, 3.05) is 26.8 Å². The Morgan fingerprint density at radius 1 is 1.52 bits per heavy atom. The predicted molar refractivity (Wildman–Crippen MR) is 88.4 cm³/mol. The lowest BCUT2D eigenvalue weighted by molar-refractivity contribution is -0.385. The summed E-state index contributed by atoms with van der Waals surface area (Å²) in [6, 6.07) is 5.16. The van der Waals surface area contributed by atoms with Gasteiger partial charge in [0, 0.05) is 26.3 Å². The van der Waals surface area contributed by atoms with Gasteiger partial charge in [0.15, 0.2) is 0 Å². The SMILES string of the molecule is COCCNCC(=Cc1ccc(Br)c([N+](=O)[O-])c1)C(C)C. The lowest BCUT2D eigenvalue weighted by Crippen LogP contribution is -2.23. The van der Waals surface area contributed by atoms with Crippen molar-refractivity contribution in [1.29, 1.82) is 0 Å². The molecule has 1 aromatic carbocycles. The van der Waals surface area contributed by atoms with Crippen molar-refractivity contribution in [3.8, 4) is 0 Å². The van der Waals surface area contributed by atoms with Crippen LogP contribution in [0.5, 0.6) is 0 Å². The van der Waals surface area contributed by atoms with Crippen LogP contribution in [0, 0.1) is 16.0 Å². The van der Waals surface area contributed by atoms with Gasteiger partial charge >= 0.3 is 0 Å². The highest BCUT2D eigenvalue weighted by molar-refractivity contribution is 9.10. The Bertz CT molecular complexity index is 516. The summed E-state index contributed by atoms with van der Waals surface area (Å²) in [5.41, 5.74) is 2.11. The number of halogens is 1. The monoisotopic (exact) mass is 356 g/mol. The van der Waals surface area contributed by atoms with Crippen LogP contribution in [0.2, 0.25) is 0 Å². The third-order valence-corrected chi connectivity index (χ3v) is 3.74. The molecule has 0 fully saturated rings. The van der Waals surface area contributed by atoms with Crippen molar-refractivity contribution < 1.29 is 9.66 Å². The van der Waals surface area contributed by atoms with Crippen LogP contribution < -0.4 is 5.32 Å². The van der Waals surface area contributed by atoms with Gasteiger partial charge in [0.2, 0.25) is 0 Å². The minimum atomic E-state index is -0.382.